The molecule has 4 rings (SSSR count). The van der Waals surface area contributed by atoms with Crippen LogP contribution in [0, 0.1) is 13.8 Å². The van der Waals surface area contributed by atoms with Gasteiger partial charge in [-0.2, -0.15) is 4.31 Å². The minimum atomic E-state index is -3.91. The lowest BCUT2D eigenvalue weighted by atomic mass is 10.0. The number of rotatable bonds is 9. The molecule has 2 N–H and O–H groups in total. The smallest absolute Gasteiger partial charge is 0.243 e. The summed E-state index contributed by atoms with van der Waals surface area (Å²) in [6, 6.07) is 10.0. The lowest BCUT2D eigenvalue weighted by Gasteiger charge is -2.20. The Morgan fingerprint density at radius 2 is 1.68 bits per heavy atom. The number of methoxy groups -OCH3 is 1. The zero-order valence-corrected chi connectivity index (χ0v) is 22.8. The molecule has 1 aliphatic carbocycles. The molecule has 2 amide bonds. The van der Waals surface area contributed by atoms with E-state index in [1.807, 2.05) is 12.1 Å². The first kappa shape index (κ1) is 27.1. The van der Waals surface area contributed by atoms with Crippen LogP contribution >= 0.6 is 0 Å². The summed E-state index contributed by atoms with van der Waals surface area (Å²) in [5.74, 6) is -0.365. The molecule has 0 bridgehead atoms. The maximum atomic E-state index is 13.1. The second kappa shape index (κ2) is 11.2. The molecule has 200 valence electrons. The van der Waals surface area contributed by atoms with Crippen LogP contribution in [0.5, 0.6) is 5.75 Å². The molecule has 37 heavy (non-hydrogen) atoms. The van der Waals surface area contributed by atoms with Crippen LogP contribution in [0.3, 0.4) is 0 Å². The molecule has 0 radical (unpaired) electrons. The topological polar surface area (TPSA) is 108 Å². The zero-order valence-electron chi connectivity index (χ0n) is 22.0. The number of benzene rings is 2. The molecule has 10 heteroatoms. The molecular weight excluding hydrogens is 492 g/mol. The van der Waals surface area contributed by atoms with E-state index in [-0.39, 0.29) is 17.3 Å². The van der Waals surface area contributed by atoms with Crippen molar-refractivity contribution in [1.82, 2.24) is 14.5 Å². The van der Waals surface area contributed by atoms with E-state index in [1.165, 1.54) is 38.1 Å². The summed E-state index contributed by atoms with van der Waals surface area (Å²) < 4.78 is 32.4. The van der Waals surface area contributed by atoms with Crippen molar-refractivity contribution >= 4 is 27.5 Å². The third kappa shape index (κ3) is 6.49. The molecule has 0 spiro atoms. The van der Waals surface area contributed by atoms with Crippen molar-refractivity contribution < 1.29 is 22.7 Å². The molecule has 1 fully saturated rings. The summed E-state index contributed by atoms with van der Waals surface area (Å²) in [5, 5.41) is 5.36. The monoisotopic (exact) mass is 528 g/mol. The summed E-state index contributed by atoms with van der Waals surface area (Å²) >= 11 is 0. The van der Waals surface area contributed by atoms with E-state index < -0.39 is 22.5 Å². The van der Waals surface area contributed by atoms with Crippen molar-refractivity contribution in [1.29, 1.82) is 0 Å². The molecule has 9 nitrogen and oxygen atoms in total. The lowest BCUT2D eigenvalue weighted by Crippen LogP contribution is -2.41. The summed E-state index contributed by atoms with van der Waals surface area (Å²) in [4.78, 5) is 27.6. The molecular formula is C27H36N4O5S. The van der Waals surface area contributed by atoms with E-state index in [2.05, 4.69) is 21.6 Å². The van der Waals surface area contributed by atoms with Crippen LogP contribution in [0.25, 0.3) is 0 Å². The van der Waals surface area contributed by atoms with Crippen LogP contribution in [0.2, 0.25) is 0 Å². The number of hydrogen-bond acceptors (Lipinski definition) is 6. The Morgan fingerprint density at radius 1 is 1.03 bits per heavy atom. The molecule has 1 aliphatic heterocycles. The predicted octanol–water partition coefficient (Wildman–Crippen LogP) is 2.25. The van der Waals surface area contributed by atoms with E-state index in [4.69, 9.17) is 4.74 Å². The Labute approximate surface area is 219 Å². The highest BCUT2D eigenvalue weighted by Gasteiger charge is 2.30. The van der Waals surface area contributed by atoms with Crippen LogP contribution in [-0.4, -0.2) is 75.8 Å². The first-order valence-corrected chi connectivity index (χ1v) is 14.1. The van der Waals surface area contributed by atoms with Gasteiger partial charge in [0.05, 0.1) is 25.1 Å². The van der Waals surface area contributed by atoms with Gasteiger partial charge in [0.25, 0.3) is 0 Å². The Hall–Kier alpha value is -2.95. The third-order valence-electron chi connectivity index (χ3n) is 7.04. The van der Waals surface area contributed by atoms with Gasteiger partial charge < -0.3 is 15.4 Å². The minimum Gasteiger partial charge on any atom is -0.497 e. The highest BCUT2D eigenvalue weighted by atomic mass is 32.2. The number of hydrogen-bond donors (Lipinski definition) is 2. The summed E-state index contributed by atoms with van der Waals surface area (Å²) in [5.41, 5.74) is 4.33. The molecule has 0 aromatic heterocycles. The van der Waals surface area contributed by atoms with Gasteiger partial charge in [-0.25, -0.2) is 8.42 Å². The van der Waals surface area contributed by atoms with Gasteiger partial charge in [0.15, 0.2) is 0 Å². The van der Waals surface area contributed by atoms with Crippen molar-refractivity contribution in [2.75, 3.05) is 45.7 Å². The second-order valence-electron chi connectivity index (χ2n) is 9.93. The number of ether oxygens (including phenoxy) is 1. The third-order valence-corrected chi connectivity index (χ3v) is 9.15. The van der Waals surface area contributed by atoms with Gasteiger partial charge in [0.1, 0.15) is 5.75 Å². The zero-order chi connectivity index (χ0) is 26.7. The Bertz CT molecular complexity index is 1270. The fraction of sp³-hybridized carbons (Fsp3) is 0.481. The number of anilines is 1. The summed E-state index contributed by atoms with van der Waals surface area (Å²) in [6.45, 7) is 4.84. The number of likely N-dealkylation sites (N-methyl/N-ethyl adjacent to an activating group) is 1. The standard InChI is InChI=1S/C27H36N4O5S/c1-18-13-24(36-4)14-19(2)27(18)37(34,35)30(3)17-26(33)28-16-25(32)29-22-6-5-20-9-11-31(23-7-8-23)12-10-21(20)15-22/h5-6,13-15,23H,7-12,16-17H2,1-4H3,(H,28,33)(H,29,32). The number of amides is 2. The Balaban J connectivity index is 1.29. The average molecular weight is 529 g/mol. The maximum absolute atomic E-state index is 13.1. The van der Waals surface area contributed by atoms with Crippen LogP contribution in [0.15, 0.2) is 35.2 Å². The van der Waals surface area contributed by atoms with E-state index in [0.29, 0.717) is 22.6 Å². The Morgan fingerprint density at radius 3 is 2.30 bits per heavy atom. The first-order valence-electron chi connectivity index (χ1n) is 12.6. The van der Waals surface area contributed by atoms with Gasteiger partial charge in [-0.3, -0.25) is 14.5 Å². The number of carbonyl (C=O) groups excluding carboxylic acids is 2. The SMILES string of the molecule is COc1cc(C)c(S(=O)(=O)N(C)CC(=O)NCC(=O)Nc2ccc3c(c2)CCN(C2CC2)CC3)c(C)c1. The lowest BCUT2D eigenvalue weighted by molar-refractivity contribution is -0.124. The number of nitrogens with zero attached hydrogens (tertiary/aromatic N) is 2. The van der Waals surface area contributed by atoms with E-state index >= 15 is 0 Å². The molecule has 2 aromatic rings. The van der Waals surface area contributed by atoms with Crippen LogP contribution in [0.4, 0.5) is 5.69 Å². The van der Waals surface area contributed by atoms with Gasteiger partial charge in [0, 0.05) is 31.9 Å². The largest absolute Gasteiger partial charge is 0.497 e. The molecule has 0 saturated heterocycles. The molecule has 1 heterocycles. The normalized spacial score (nSPS) is 16.1. The number of nitrogens with one attached hydrogen (secondary N) is 2. The number of carbonyl (C=O) groups is 2. The first-order chi connectivity index (χ1) is 17.6. The van der Waals surface area contributed by atoms with E-state index in [9.17, 15) is 18.0 Å². The number of sulfonamides is 1. The fourth-order valence-electron chi connectivity index (χ4n) is 4.94. The van der Waals surface area contributed by atoms with Crippen molar-refractivity contribution in [3.63, 3.8) is 0 Å². The maximum Gasteiger partial charge on any atom is 0.243 e. The highest BCUT2D eigenvalue weighted by molar-refractivity contribution is 7.89. The number of fused-ring (bicyclic) bond motifs is 1. The van der Waals surface area contributed by atoms with Gasteiger partial charge in [0.2, 0.25) is 21.8 Å². The minimum absolute atomic E-state index is 0.143. The Kier molecular flexibility index (Phi) is 8.20. The second-order valence-corrected chi connectivity index (χ2v) is 11.9. The van der Waals surface area contributed by atoms with E-state index in [0.717, 1.165) is 36.3 Å². The van der Waals surface area contributed by atoms with Crippen LogP contribution in [0.1, 0.15) is 35.1 Å². The molecule has 2 aliphatic rings. The van der Waals surface area contributed by atoms with Gasteiger partial charge in [-0.05, 0) is 86.1 Å². The summed E-state index contributed by atoms with van der Waals surface area (Å²) in [6.07, 6.45) is 4.57. The number of aryl methyl sites for hydroxylation is 2. The molecule has 1 saturated carbocycles. The average Bonchev–Trinajstić information content (AvgIpc) is 3.69. The van der Waals surface area contributed by atoms with Crippen LogP contribution < -0.4 is 15.4 Å². The quantitative estimate of drug-likeness (QED) is 0.517. The van der Waals surface area contributed by atoms with Crippen molar-refractivity contribution in [2.24, 2.45) is 0 Å². The van der Waals surface area contributed by atoms with Crippen molar-refractivity contribution in [2.45, 2.75) is 50.5 Å². The highest BCUT2D eigenvalue weighted by Crippen LogP contribution is 2.30. The van der Waals surface area contributed by atoms with Crippen molar-refractivity contribution in [3.05, 3.63) is 52.6 Å². The molecule has 0 unspecified atom stereocenters. The van der Waals surface area contributed by atoms with Crippen LogP contribution in [-0.2, 0) is 32.5 Å². The van der Waals surface area contributed by atoms with Gasteiger partial charge in [-0.15, -0.1) is 0 Å². The molecule has 2 aromatic carbocycles. The van der Waals surface area contributed by atoms with Crippen molar-refractivity contribution in [3.8, 4) is 5.75 Å². The fourth-order valence-corrected chi connectivity index (χ4v) is 6.47. The van der Waals surface area contributed by atoms with E-state index in [1.54, 1.807) is 26.0 Å². The van der Waals surface area contributed by atoms with Gasteiger partial charge in [-0.1, -0.05) is 6.07 Å². The summed E-state index contributed by atoms with van der Waals surface area (Å²) in [7, 11) is -1.05. The molecule has 0 atom stereocenters. The van der Waals surface area contributed by atoms with Gasteiger partial charge >= 0.3 is 0 Å². The predicted molar refractivity (Wildman–Crippen MR) is 142 cm³/mol.